The van der Waals surface area contributed by atoms with E-state index >= 15 is 0 Å². The van der Waals surface area contributed by atoms with E-state index in [9.17, 15) is 19.7 Å². The summed E-state index contributed by atoms with van der Waals surface area (Å²) in [5.74, 6) is -1.25. The fraction of sp³-hybridized carbons (Fsp3) is 0. The minimum absolute atomic E-state index is 0.152. The van der Waals surface area contributed by atoms with Gasteiger partial charge in [-0.05, 0) is 24.3 Å². The van der Waals surface area contributed by atoms with Gasteiger partial charge in [-0.15, -0.1) is 0 Å². The van der Waals surface area contributed by atoms with Crippen molar-refractivity contribution in [1.82, 2.24) is 5.01 Å². The number of benzene rings is 3. The van der Waals surface area contributed by atoms with Gasteiger partial charge in [0.05, 0.1) is 27.7 Å². The number of nitrogens with zero attached hydrogens (tertiary/aromatic N) is 3. The molecule has 0 bridgehead atoms. The lowest BCUT2D eigenvalue weighted by molar-refractivity contribution is -0.383. The van der Waals surface area contributed by atoms with Crippen LogP contribution in [0.4, 0.5) is 5.69 Å². The Hall–Kier alpha value is -3.39. The van der Waals surface area contributed by atoms with Crippen molar-refractivity contribution in [3.8, 4) is 0 Å². The monoisotopic (exact) mass is 423 g/mol. The lowest BCUT2D eigenvalue weighted by Gasteiger charge is -2.23. The summed E-state index contributed by atoms with van der Waals surface area (Å²) in [6.45, 7) is 0. The van der Waals surface area contributed by atoms with Crippen molar-refractivity contribution in [2.75, 3.05) is 0 Å². The molecule has 7 nitrogen and oxygen atoms in total. The van der Waals surface area contributed by atoms with Crippen LogP contribution in [0.5, 0.6) is 0 Å². The van der Waals surface area contributed by atoms with E-state index in [1.807, 2.05) is 12.1 Å². The zero-order valence-electron chi connectivity index (χ0n) is 13.6. The third kappa shape index (κ3) is 2.70. The van der Waals surface area contributed by atoms with Crippen LogP contribution in [0, 0.1) is 10.1 Å². The van der Waals surface area contributed by atoms with Gasteiger partial charge in [0.15, 0.2) is 0 Å². The van der Waals surface area contributed by atoms with E-state index in [2.05, 4.69) is 21.0 Å². The predicted molar refractivity (Wildman–Crippen MR) is 103 cm³/mol. The van der Waals surface area contributed by atoms with Crippen LogP contribution in [0.1, 0.15) is 26.3 Å². The second-order valence-corrected chi connectivity index (χ2v) is 6.66. The second kappa shape index (κ2) is 6.40. The molecular weight excluding hydrogens is 414 g/mol. The quantitative estimate of drug-likeness (QED) is 0.273. The number of carbonyl (C=O) groups excluding carboxylic acids is 2. The van der Waals surface area contributed by atoms with Crippen molar-refractivity contribution in [2.45, 2.75) is 0 Å². The summed E-state index contributed by atoms with van der Waals surface area (Å²) in [7, 11) is 0. The van der Waals surface area contributed by atoms with E-state index < -0.39 is 16.7 Å². The van der Waals surface area contributed by atoms with E-state index in [-0.39, 0.29) is 27.6 Å². The normalized spacial score (nSPS) is 13.6. The van der Waals surface area contributed by atoms with Crippen LogP contribution >= 0.6 is 15.9 Å². The van der Waals surface area contributed by atoms with Gasteiger partial charge >= 0.3 is 0 Å². The molecule has 0 aromatic heterocycles. The molecule has 0 N–H and O–H groups in total. The highest BCUT2D eigenvalue weighted by molar-refractivity contribution is 9.10. The molecule has 0 saturated heterocycles. The molecule has 1 heterocycles. The summed E-state index contributed by atoms with van der Waals surface area (Å²) >= 11 is 3.38. The van der Waals surface area contributed by atoms with Crippen LogP contribution in [0.3, 0.4) is 0 Å². The lowest BCUT2D eigenvalue weighted by atomic mass is 9.94. The van der Waals surface area contributed by atoms with Gasteiger partial charge in [0.2, 0.25) is 0 Å². The maximum absolute atomic E-state index is 12.8. The van der Waals surface area contributed by atoms with Gasteiger partial charge in [0, 0.05) is 21.5 Å². The van der Waals surface area contributed by atoms with Crippen LogP contribution < -0.4 is 0 Å². The average Bonchev–Trinajstić information content (AvgIpc) is 2.66. The van der Waals surface area contributed by atoms with Crippen LogP contribution in [-0.4, -0.2) is 28.0 Å². The molecule has 2 amide bonds. The van der Waals surface area contributed by atoms with E-state index in [0.29, 0.717) is 5.56 Å². The standard InChI is InChI=1S/C19H10BrN3O4/c20-15-7-2-1-4-11(15)10-21-22-18(24)13-6-3-5-12-16(23(26)27)9-8-14(17(12)13)19(22)25/h1-10H. The first kappa shape index (κ1) is 17.0. The minimum Gasteiger partial charge on any atom is -0.267 e. The Morgan fingerprint density at radius 3 is 2.37 bits per heavy atom. The van der Waals surface area contributed by atoms with Crippen molar-refractivity contribution < 1.29 is 14.5 Å². The van der Waals surface area contributed by atoms with Crippen molar-refractivity contribution >= 4 is 50.4 Å². The smallest absolute Gasteiger partial charge is 0.267 e. The first-order valence-electron chi connectivity index (χ1n) is 7.86. The number of nitro groups is 1. The molecule has 132 valence electrons. The molecular formula is C19H10BrN3O4. The first-order chi connectivity index (χ1) is 13.0. The number of carbonyl (C=O) groups is 2. The van der Waals surface area contributed by atoms with E-state index in [4.69, 9.17) is 0 Å². The molecule has 3 aromatic rings. The molecule has 27 heavy (non-hydrogen) atoms. The first-order valence-corrected chi connectivity index (χ1v) is 8.66. The molecule has 3 aromatic carbocycles. The fourth-order valence-corrected chi connectivity index (χ4v) is 3.42. The summed E-state index contributed by atoms with van der Waals surface area (Å²) < 4.78 is 0.767. The average molecular weight is 424 g/mol. The van der Waals surface area contributed by atoms with Gasteiger partial charge in [-0.2, -0.15) is 10.1 Å². The Kier molecular flexibility index (Phi) is 4.04. The molecule has 1 aliphatic heterocycles. The largest absolute Gasteiger partial charge is 0.282 e. The SMILES string of the molecule is O=C1c2cccc3c([N+](=O)[O-])ccc(c23)C(=O)N1N=Cc1ccccc1Br. The van der Waals surface area contributed by atoms with E-state index in [0.717, 1.165) is 9.48 Å². The van der Waals surface area contributed by atoms with E-state index in [1.165, 1.54) is 30.5 Å². The number of hydrogen-bond acceptors (Lipinski definition) is 5. The van der Waals surface area contributed by atoms with Crippen LogP contribution in [0.25, 0.3) is 10.8 Å². The number of hydrazone groups is 1. The van der Waals surface area contributed by atoms with Gasteiger partial charge in [0.1, 0.15) is 0 Å². The third-order valence-electron chi connectivity index (χ3n) is 4.28. The zero-order valence-corrected chi connectivity index (χ0v) is 15.2. The highest BCUT2D eigenvalue weighted by Crippen LogP contribution is 2.35. The number of halogens is 1. The fourth-order valence-electron chi connectivity index (χ4n) is 3.03. The van der Waals surface area contributed by atoms with Crippen molar-refractivity contribution in [1.29, 1.82) is 0 Å². The topological polar surface area (TPSA) is 92.9 Å². The van der Waals surface area contributed by atoms with Crippen molar-refractivity contribution in [2.24, 2.45) is 5.10 Å². The Balaban J connectivity index is 1.85. The number of amides is 2. The number of imide groups is 1. The van der Waals surface area contributed by atoms with E-state index in [1.54, 1.807) is 18.2 Å². The van der Waals surface area contributed by atoms with Gasteiger partial charge in [-0.1, -0.05) is 40.2 Å². The second-order valence-electron chi connectivity index (χ2n) is 5.81. The van der Waals surface area contributed by atoms with Gasteiger partial charge < -0.3 is 0 Å². The molecule has 0 spiro atoms. The number of nitro benzene ring substituents is 1. The summed E-state index contributed by atoms with van der Waals surface area (Å²) in [6, 6.07) is 14.5. The maximum Gasteiger partial charge on any atom is 0.282 e. The molecule has 0 atom stereocenters. The Morgan fingerprint density at radius 1 is 0.963 bits per heavy atom. The number of non-ortho nitro benzene ring substituents is 1. The summed E-state index contributed by atoms with van der Waals surface area (Å²) in [5, 5.41) is 16.6. The van der Waals surface area contributed by atoms with Crippen LogP contribution in [-0.2, 0) is 0 Å². The molecule has 0 radical (unpaired) electrons. The van der Waals surface area contributed by atoms with Crippen LogP contribution in [0.15, 0.2) is 64.2 Å². The molecule has 4 rings (SSSR count). The Labute approximate surface area is 161 Å². The van der Waals surface area contributed by atoms with Crippen molar-refractivity contribution in [3.63, 3.8) is 0 Å². The highest BCUT2D eigenvalue weighted by Gasteiger charge is 2.34. The molecule has 0 fully saturated rings. The molecule has 0 unspecified atom stereocenters. The van der Waals surface area contributed by atoms with Crippen LogP contribution in [0.2, 0.25) is 0 Å². The lowest BCUT2D eigenvalue weighted by Crippen LogP contribution is -2.36. The Morgan fingerprint density at radius 2 is 1.67 bits per heavy atom. The molecule has 1 aliphatic rings. The number of hydrogen-bond donors (Lipinski definition) is 0. The highest BCUT2D eigenvalue weighted by atomic mass is 79.9. The maximum atomic E-state index is 12.8. The van der Waals surface area contributed by atoms with Gasteiger partial charge in [0.25, 0.3) is 17.5 Å². The molecule has 0 saturated carbocycles. The minimum atomic E-state index is -0.623. The molecule has 0 aliphatic carbocycles. The molecule has 8 heteroatoms. The van der Waals surface area contributed by atoms with Gasteiger partial charge in [-0.3, -0.25) is 19.7 Å². The summed E-state index contributed by atoms with van der Waals surface area (Å²) in [4.78, 5) is 36.3. The van der Waals surface area contributed by atoms with Gasteiger partial charge in [-0.25, -0.2) is 0 Å². The van der Waals surface area contributed by atoms with Crippen molar-refractivity contribution in [3.05, 3.63) is 85.9 Å². The zero-order chi connectivity index (χ0) is 19.1. The summed E-state index contributed by atoms with van der Waals surface area (Å²) in [6.07, 6.45) is 1.41. The Bertz CT molecular complexity index is 1150. The predicted octanol–water partition coefficient (Wildman–Crippen LogP) is 4.14. The number of rotatable bonds is 3. The summed E-state index contributed by atoms with van der Waals surface area (Å²) in [5.41, 5.74) is 0.956. The third-order valence-corrected chi connectivity index (χ3v) is 5.00.